The minimum atomic E-state index is -1.86. The molecule has 34 heteroatoms. The molecule has 0 bridgehead atoms. The van der Waals surface area contributed by atoms with Crippen LogP contribution >= 0.6 is 0 Å². The number of phenols is 1. The number of aliphatic hydroxyl groups excluding tert-OH is 2. The van der Waals surface area contributed by atoms with Gasteiger partial charge in [-0.1, -0.05) is 12.1 Å². The quantitative estimate of drug-likeness (QED) is 0.0164. The Morgan fingerprint density at radius 2 is 0.862 bits per heavy atom. The molecular formula is C53H93N19O15. The predicted octanol–water partition coefficient (Wildman–Crippen LogP) is -7.60. The van der Waals surface area contributed by atoms with Crippen molar-refractivity contribution in [1.82, 2.24) is 53.2 Å². The van der Waals surface area contributed by atoms with Crippen molar-refractivity contribution >= 4 is 77.0 Å². The molecule has 0 fully saturated rings. The van der Waals surface area contributed by atoms with Crippen LogP contribution in [-0.2, 0) is 59.2 Å². The molecule has 0 aliphatic rings. The van der Waals surface area contributed by atoms with Gasteiger partial charge in [-0.25, -0.2) is 4.79 Å². The van der Waals surface area contributed by atoms with Crippen LogP contribution in [0.1, 0.15) is 110 Å². The SMILES string of the molecule is CNCCCC[C@H](NC(=O)[C@@H](NC(=O)[C@H](CCCN=C(N)N)NC(=O)[C@H](C)N)[C@@H](C)O)C(=O)N[C@@H](CCC(N)=O)C(=O)N[C@H](C(=O)N[C@@H](C)C(=O)N[C@@H](CCCN=C(N)N)C(=O)N[C@@H](CCCCN)C(=O)N[C@@H](Cc1ccc(O)cc1)C(=O)O)[C@@H](C)O. The second-order valence-electron chi connectivity index (χ2n) is 20.8. The fraction of sp³-hybridized carbons (Fsp3) is 0.642. The van der Waals surface area contributed by atoms with E-state index in [9.17, 15) is 73.2 Å². The number of aliphatic imine (C=N–C) groups is 2. The molecule has 0 saturated heterocycles. The highest BCUT2D eigenvalue weighted by Gasteiger charge is 2.37. The van der Waals surface area contributed by atoms with Gasteiger partial charge in [0.05, 0.1) is 18.2 Å². The summed E-state index contributed by atoms with van der Waals surface area (Å²) in [7, 11) is 1.68. The molecule has 1 aromatic carbocycles. The van der Waals surface area contributed by atoms with Gasteiger partial charge >= 0.3 is 5.97 Å². The number of hydrogen-bond acceptors (Lipinski definition) is 19. The van der Waals surface area contributed by atoms with E-state index < -0.39 is 151 Å². The lowest BCUT2D eigenvalue weighted by Gasteiger charge is -2.29. The van der Waals surface area contributed by atoms with Gasteiger partial charge in [-0.15, -0.1) is 0 Å². The molecule has 0 radical (unpaired) electrons. The number of carbonyl (C=O) groups excluding carboxylic acids is 10. The zero-order valence-electron chi connectivity index (χ0n) is 50.0. The van der Waals surface area contributed by atoms with Crippen LogP contribution in [0.4, 0.5) is 0 Å². The summed E-state index contributed by atoms with van der Waals surface area (Å²) in [5.74, 6) is -11.6. The largest absolute Gasteiger partial charge is 0.508 e. The molecule has 0 aliphatic heterocycles. The number of phenolic OH excluding ortho intramolecular Hbond substituents is 1. The molecule has 1 aromatic rings. The first kappa shape index (κ1) is 76.5. The Labute approximate surface area is 504 Å². The van der Waals surface area contributed by atoms with E-state index in [2.05, 4.69) is 63.2 Å². The third-order valence-electron chi connectivity index (χ3n) is 13.1. The normalized spacial score (nSPS) is 15.1. The molecule has 28 N–H and O–H groups in total. The molecule has 0 aromatic heterocycles. The third-order valence-corrected chi connectivity index (χ3v) is 13.1. The van der Waals surface area contributed by atoms with E-state index in [1.807, 2.05) is 0 Å². The fourth-order valence-corrected chi connectivity index (χ4v) is 8.21. The Balaban J connectivity index is 3.47. The lowest BCUT2D eigenvalue weighted by molar-refractivity contribution is -0.142. The number of aliphatic carboxylic acids is 1. The number of amides is 10. The highest BCUT2D eigenvalue weighted by molar-refractivity contribution is 5.99. The van der Waals surface area contributed by atoms with Crippen molar-refractivity contribution in [2.24, 2.45) is 50.1 Å². The molecule has 0 unspecified atom stereocenters. The number of nitrogens with two attached hydrogens (primary N) is 7. The van der Waals surface area contributed by atoms with Gasteiger partial charge in [0.1, 0.15) is 60.1 Å². The summed E-state index contributed by atoms with van der Waals surface area (Å²) in [5, 5.41) is 66.2. The lowest BCUT2D eigenvalue weighted by Crippen LogP contribution is -2.62. The van der Waals surface area contributed by atoms with E-state index in [4.69, 9.17) is 40.1 Å². The van der Waals surface area contributed by atoms with E-state index >= 15 is 0 Å². The van der Waals surface area contributed by atoms with Crippen LogP contribution in [0.3, 0.4) is 0 Å². The number of aliphatic hydroxyl groups is 2. The van der Waals surface area contributed by atoms with Gasteiger partial charge < -0.3 is 114 Å². The van der Waals surface area contributed by atoms with Crippen molar-refractivity contribution in [3.8, 4) is 5.75 Å². The molecular weight excluding hydrogens is 1140 g/mol. The van der Waals surface area contributed by atoms with Crippen LogP contribution in [0.15, 0.2) is 34.3 Å². The summed E-state index contributed by atoms with van der Waals surface area (Å²) < 4.78 is 0. The van der Waals surface area contributed by atoms with Gasteiger partial charge in [-0.3, -0.25) is 57.9 Å². The highest BCUT2D eigenvalue weighted by atomic mass is 16.4. The second kappa shape index (κ2) is 40.8. The molecule has 12 atom stereocenters. The summed E-state index contributed by atoms with van der Waals surface area (Å²) in [6.45, 7) is 5.64. The van der Waals surface area contributed by atoms with Crippen molar-refractivity contribution in [2.45, 2.75) is 184 Å². The topological polar surface area (TPSA) is 596 Å². The molecule has 34 nitrogen and oxygen atoms in total. The Kier molecular flexibility index (Phi) is 35.9. The lowest BCUT2D eigenvalue weighted by atomic mass is 10.0. The Hall–Kier alpha value is -8.47. The molecule has 87 heavy (non-hydrogen) atoms. The van der Waals surface area contributed by atoms with Crippen LogP contribution in [0, 0.1) is 0 Å². The minimum Gasteiger partial charge on any atom is -0.508 e. The predicted molar refractivity (Wildman–Crippen MR) is 318 cm³/mol. The first-order valence-corrected chi connectivity index (χ1v) is 28.5. The van der Waals surface area contributed by atoms with Gasteiger partial charge in [0.15, 0.2) is 11.9 Å². The van der Waals surface area contributed by atoms with E-state index in [1.165, 1.54) is 45.0 Å². The number of rotatable bonds is 43. The maximum absolute atomic E-state index is 14.2. The first-order valence-electron chi connectivity index (χ1n) is 28.5. The van der Waals surface area contributed by atoms with Crippen LogP contribution in [0.5, 0.6) is 5.75 Å². The summed E-state index contributed by atoms with van der Waals surface area (Å²) in [4.78, 5) is 156. The van der Waals surface area contributed by atoms with E-state index in [-0.39, 0.29) is 88.7 Å². The van der Waals surface area contributed by atoms with Crippen molar-refractivity contribution in [3.05, 3.63) is 29.8 Å². The number of carboxylic acid groups (broad SMARTS) is 1. The average molecular weight is 1240 g/mol. The average Bonchev–Trinajstić information content (AvgIpc) is 3.57. The van der Waals surface area contributed by atoms with Gasteiger partial charge in [0.2, 0.25) is 59.1 Å². The fourth-order valence-electron chi connectivity index (χ4n) is 8.21. The molecule has 0 aliphatic carbocycles. The summed E-state index contributed by atoms with van der Waals surface area (Å²) in [6, 6.07) is -9.23. The standard InChI is InChI=1S/C53H93N19O15/c1-27(55)42(77)65-36(15-11-25-63-53(59)60)47(82)72-41(30(4)74)50(85)69-34(13-7-9-23-61-5)44(79)68-37(20-21-39(56)76)48(83)71-40(29(3)73)49(84)64-28(2)43(78)66-35(14-10-24-62-52(57)58)45(80)67-33(12-6-8-22-54)46(81)70-38(51(86)87)26-31-16-18-32(75)19-17-31/h16-19,27-30,33-38,40-41,61,73-75H,6-15,20-26,54-55H2,1-5H3,(H2,56,76)(H,64,84)(H,65,77)(H,66,78)(H,67,80)(H,68,79)(H,69,85)(H,70,81)(H,71,83)(H,72,82)(H,86,87)(H4,57,58,62)(H4,59,60,63)/t27-,28-,29+,30+,33-,34-,35-,36-,37-,38-,40-,41-/m0/s1. The van der Waals surface area contributed by atoms with Gasteiger partial charge in [-0.05, 0) is 136 Å². The van der Waals surface area contributed by atoms with Crippen molar-refractivity contribution in [1.29, 1.82) is 0 Å². The number of carboxylic acids is 1. The number of primary amides is 1. The maximum Gasteiger partial charge on any atom is 0.326 e. The summed E-state index contributed by atoms with van der Waals surface area (Å²) in [6.07, 6.45) is -2.98. The third kappa shape index (κ3) is 31.0. The number of benzene rings is 1. The smallest absolute Gasteiger partial charge is 0.326 e. The second-order valence-corrected chi connectivity index (χ2v) is 20.8. The van der Waals surface area contributed by atoms with Crippen molar-refractivity contribution < 1.29 is 73.2 Å². The molecule has 1 rings (SSSR count). The Morgan fingerprint density at radius 1 is 0.483 bits per heavy atom. The number of hydrogen-bond donors (Lipinski definition) is 21. The minimum absolute atomic E-state index is 0.00767. The number of nitrogens with zero attached hydrogens (tertiary/aromatic N) is 2. The van der Waals surface area contributed by atoms with Gasteiger partial charge in [0.25, 0.3) is 0 Å². The van der Waals surface area contributed by atoms with Crippen LogP contribution in [0.2, 0.25) is 0 Å². The zero-order chi connectivity index (χ0) is 65.9. The van der Waals surface area contributed by atoms with E-state index in [0.29, 0.717) is 31.4 Å². The van der Waals surface area contributed by atoms with Gasteiger partial charge in [-0.2, -0.15) is 0 Å². The number of guanidine groups is 2. The Bertz CT molecular complexity index is 2480. The number of unbranched alkanes of at least 4 members (excludes halogenated alkanes) is 2. The van der Waals surface area contributed by atoms with Crippen molar-refractivity contribution in [3.63, 3.8) is 0 Å². The van der Waals surface area contributed by atoms with E-state index in [1.54, 1.807) is 7.05 Å². The maximum atomic E-state index is 14.2. The summed E-state index contributed by atoms with van der Waals surface area (Å²) in [5.41, 5.74) is 39.0. The molecule has 0 spiro atoms. The molecule has 10 amide bonds. The molecule has 0 saturated carbocycles. The first-order chi connectivity index (χ1) is 40.9. The highest BCUT2D eigenvalue weighted by Crippen LogP contribution is 2.14. The number of carbonyl (C=O) groups is 11. The number of nitrogens with one attached hydrogen (secondary N) is 10. The Morgan fingerprint density at radius 3 is 1.26 bits per heavy atom. The monoisotopic (exact) mass is 1240 g/mol. The zero-order valence-corrected chi connectivity index (χ0v) is 50.0. The van der Waals surface area contributed by atoms with Gasteiger partial charge in [0, 0.05) is 25.9 Å². The molecule has 0 heterocycles. The van der Waals surface area contributed by atoms with Crippen molar-refractivity contribution in [2.75, 3.05) is 33.2 Å². The van der Waals surface area contributed by atoms with Crippen LogP contribution < -0.4 is 93.3 Å². The number of aromatic hydroxyl groups is 1. The van der Waals surface area contributed by atoms with E-state index in [0.717, 1.165) is 6.92 Å². The molecule has 490 valence electrons. The van der Waals surface area contributed by atoms with Crippen LogP contribution in [0.25, 0.3) is 0 Å². The summed E-state index contributed by atoms with van der Waals surface area (Å²) >= 11 is 0. The van der Waals surface area contributed by atoms with Crippen LogP contribution in [-0.4, -0.2) is 203 Å².